The summed E-state index contributed by atoms with van der Waals surface area (Å²) in [6.45, 7) is 1.78. The first-order valence-electron chi connectivity index (χ1n) is 5.19. The minimum atomic E-state index is -0.964. The van der Waals surface area contributed by atoms with E-state index in [-0.39, 0.29) is 5.56 Å². The lowest BCUT2D eigenvalue weighted by molar-refractivity contribution is 0.0697. The van der Waals surface area contributed by atoms with Gasteiger partial charge >= 0.3 is 5.97 Å². The average molecular weight is 264 g/mol. The molecule has 0 fully saturated rings. The number of benzene rings is 1. The summed E-state index contributed by atoms with van der Waals surface area (Å²) in [5, 5.41) is 9.38. The molecule has 0 aliphatic rings. The van der Waals surface area contributed by atoms with Gasteiger partial charge in [0.1, 0.15) is 5.75 Å². The van der Waals surface area contributed by atoms with Crippen LogP contribution < -0.4 is 4.74 Å². The Bertz CT molecular complexity index is 581. The lowest BCUT2D eigenvalue weighted by Crippen LogP contribution is -1.97. The Morgan fingerprint density at radius 1 is 1.33 bits per heavy atom. The number of pyridine rings is 1. The lowest BCUT2D eigenvalue weighted by Gasteiger charge is -2.08. The summed E-state index contributed by atoms with van der Waals surface area (Å²) in [6, 6.07) is 7.96. The van der Waals surface area contributed by atoms with Gasteiger partial charge in [-0.15, -0.1) is 0 Å². The van der Waals surface area contributed by atoms with Crippen LogP contribution >= 0.6 is 11.6 Å². The van der Waals surface area contributed by atoms with Gasteiger partial charge < -0.3 is 9.84 Å². The van der Waals surface area contributed by atoms with Crippen molar-refractivity contribution in [3.05, 3.63) is 52.7 Å². The van der Waals surface area contributed by atoms with Crippen LogP contribution in [0.2, 0.25) is 5.02 Å². The van der Waals surface area contributed by atoms with Crippen molar-refractivity contribution in [1.29, 1.82) is 0 Å². The van der Waals surface area contributed by atoms with E-state index >= 15 is 0 Å². The number of aryl methyl sites for hydroxylation is 1. The van der Waals surface area contributed by atoms with Crippen LogP contribution in [0.1, 0.15) is 15.9 Å². The molecule has 1 aromatic heterocycles. The van der Waals surface area contributed by atoms with Crippen molar-refractivity contribution in [2.75, 3.05) is 0 Å². The molecule has 0 aliphatic carbocycles. The molecule has 0 saturated heterocycles. The SMILES string of the molecule is Cc1cc(C(=O)O)ccc1Oc1ccc(Cl)cn1. The molecule has 92 valence electrons. The van der Waals surface area contributed by atoms with Crippen molar-refractivity contribution in [3.63, 3.8) is 0 Å². The summed E-state index contributed by atoms with van der Waals surface area (Å²) in [4.78, 5) is 14.8. The second-order valence-corrected chi connectivity index (χ2v) is 4.14. The van der Waals surface area contributed by atoms with Gasteiger partial charge in [-0.25, -0.2) is 9.78 Å². The molecule has 2 aromatic rings. The van der Waals surface area contributed by atoms with Gasteiger partial charge in [-0.3, -0.25) is 0 Å². The van der Waals surface area contributed by atoms with E-state index in [9.17, 15) is 4.79 Å². The molecule has 1 N–H and O–H groups in total. The summed E-state index contributed by atoms with van der Waals surface area (Å²) in [7, 11) is 0. The predicted octanol–water partition coefficient (Wildman–Crippen LogP) is 3.53. The number of halogens is 1. The molecule has 1 heterocycles. The van der Waals surface area contributed by atoms with E-state index in [0.29, 0.717) is 16.7 Å². The predicted molar refractivity (Wildman–Crippen MR) is 67.5 cm³/mol. The second kappa shape index (κ2) is 5.06. The first kappa shape index (κ1) is 12.4. The van der Waals surface area contributed by atoms with Gasteiger partial charge in [0, 0.05) is 12.3 Å². The van der Waals surface area contributed by atoms with Crippen LogP contribution in [0, 0.1) is 6.92 Å². The molecule has 0 bridgehead atoms. The third-order valence-corrected chi connectivity index (χ3v) is 2.56. The van der Waals surface area contributed by atoms with E-state index in [0.717, 1.165) is 5.56 Å². The van der Waals surface area contributed by atoms with Crippen LogP contribution in [0.25, 0.3) is 0 Å². The fourth-order valence-electron chi connectivity index (χ4n) is 1.43. The minimum Gasteiger partial charge on any atom is -0.478 e. The van der Waals surface area contributed by atoms with Crippen molar-refractivity contribution in [1.82, 2.24) is 4.98 Å². The molecule has 5 heteroatoms. The Morgan fingerprint density at radius 2 is 2.11 bits per heavy atom. The Labute approximate surface area is 109 Å². The first-order chi connectivity index (χ1) is 8.56. The van der Waals surface area contributed by atoms with Crippen LogP contribution in [0.15, 0.2) is 36.5 Å². The van der Waals surface area contributed by atoms with Crippen molar-refractivity contribution in [3.8, 4) is 11.6 Å². The van der Waals surface area contributed by atoms with Crippen LogP contribution in [0.4, 0.5) is 0 Å². The zero-order valence-corrected chi connectivity index (χ0v) is 10.3. The maximum absolute atomic E-state index is 10.8. The van der Waals surface area contributed by atoms with E-state index in [2.05, 4.69) is 4.98 Å². The third kappa shape index (κ3) is 2.78. The lowest BCUT2D eigenvalue weighted by atomic mass is 10.1. The summed E-state index contributed by atoms with van der Waals surface area (Å²) >= 11 is 5.72. The zero-order valence-electron chi connectivity index (χ0n) is 9.55. The second-order valence-electron chi connectivity index (χ2n) is 3.70. The van der Waals surface area contributed by atoms with Gasteiger partial charge in [0.2, 0.25) is 5.88 Å². The number of carbonyl (C=O) groups is 1. The summed E-state index contributed by atoms with van der Waals surface area (Å²) in [5.41, 5.74) is 0.954. The van der Waals surface area contributed by atoms with Crippen LogP contribution in [-0.4, -0.2) is 16.1 Å². The van der Waals surface area contributed by atoms with E-state index in [1.807, 2.05) is 0 Å². The summed E-state index contributed by atoms with van der Waals surface area (Å²) in [6.07, 6.45) is 1.48. The van der Waals surface area contributed by atoms with Crippen molar-refractivity contribution >= 4 is 17.6 Å². The molecule has 2 rings (SSSR count). The molecule has 18 heavy (non-hydrogen) atoms. The summed E-state index contributed by atoms with van der Waals surface area (Å²) in [5.74, 6) is 0.00895. The van der Waals surface area contributed by atoms with Gasteiger partial charge in [0.25, 0.3) is 0 Å². The number of carboxylic acids is 1. The van der Waals surface area contributed by atoms with Crippen LogP contribution in [-0.2, 0) is 0 Å². The van der Waals surface area contributed by atoms with Crippen molar-refractivity contribution < 1.29 is 14.6 Å². The Balaban J connectivity index is 2.24. The van der Waals surface area contributed by atoms with Crippen LogP contribution in [0.5, 0.6) is 11.6 Å². The molecular weight excluding hydrogens is 254 g/mol. The number of rotatable bonds is 3. The molecule has 0 amide bonds. The standard InChI is InChI=1S/C13H10ClNO3/c1-8-6-9(13(16)17)2-4-11(8)18-12-5-3-10(14)7-15-12/h2-7H,1H3,(H,16,17). The molecule has 0 spiro atoms. The fourth-order valence-corrected chi connectivity index (χ4v) is 1.54. The van der Waals surface area contributed by atoms with Gasteiger partial charge in [0.15, 0.2) is 0 Å². The quantitative estimate of drug-likeness (QED) is 0.920. The highest BCUT2D eigenvalue weighted by Crippen LogP contribution is 2.25. The number of aromatic carboxylic acids is 1. The highest BCUT2D eigenvalue weighted by atomic mass is 35.5. The molecule has 0 atom stereocenters. The number of nitrogens with zero attached hydrogens (tertiary/aromatic N) is 1. The van der Waals surface area contributed by atoms with E-state index in [1.54, 1.807) is 31.2 Å². The van der Waals surface area contributed by atoms with Crippen molar-refractivity contribution in [2.24, 2.45) is 0 Å². The number of ether oxygens (including phenoxy) is 1. The van der Waals surface area contributed by atoms with Gasteiger partial charge in [-0.1, -0.05) is 11.6 Å². The molecule has 0 unspecified atom stereocenters. The molecule has 0 radical (unpaired) electrons. The minimum absolute atomic E-state index is 0.226. The maximum Gasteiger partial charge on any atom is 0.335 e. The zero-order chi connectivity index (χ0) is 13.1. The molecule has 0 saturated carbocycles. The third-order valence-electron chi connectivity index (χ3n) is 2.34. The van der Waals surface area contributed by atoms with Gasteiger partial charge in [-0.2, -0.15) is 0 Å². The highest BCUT2D eigenvalue weighted by molar-refractivity contribution is 6.30. The number of aromatic nitrogens is 1. The maximum atomic E-state index is 10.8. The number of hydrogen-bond acceptors (Lipinski definition) is 3. The Kier molecular flexibility index (Phi) is 3.48. The van der Waals surface area contributed by atoms with Crippen molar-refractivity contribution in [2.45, 2.75) is 6.92 Å². The largest absolute Gasteiger partial charge is 0.478 e. The molecule has 0 aliphatic heterocycles. The van der Waals surface area contributed by atoms with E-state index in [4.69, 9.17) is 21.4 Å². The first-order valence-corrected chi connectivity index (χ1v) is 5.57. The molecule has 4 nitrogen and oxygen atoms in total. The smallest absolute Gasteiger partial charge is 0.335 e. The van der Waals surface area contributed by atoms with E-state index < -0.39 is 5.97 Å². The number of carboxylic acid groups (broad SMARTS) is 1. The number of hydrogen-bond donors (Lipinski definition) is 1. The summed E-state index contributed by atoms with van der Waals surface area (Å²) < 4.78 is 5.54. The monoisotopic (exact) mass is 263 g/mol. The Morgan fingerprint density at radius 3 is 2.67 bits per heavy atom. The van der Waals surface area contributed by atoms with Crippen LogP contribution in [0.3, 0.4) is 0 Å². The van der Waals surface area contributed by atoms with Gasteiger partial charge in [0.05, 0.1) is 10.6 Å². The van der Waals surface area contributed by atoms with E-state index in [1.165, 1.54) is 12.3 Å². The average Bonchev–Trinajstić information content (AvgIpc) is 2.34. The normalized spacial score (nSPS) is 10.1. The molecular formula is C13H10ClNO3. The highest BCUT2D eigenvalue weighted by Gasteiger charge is 2.07. The fraction of sp³-hybridized carbons (Fsp3) is 0.0769. The topological polar surface area (TPSA) is 59.4 Å². The molecule has 1 aromatic carbocycles. The van der Waals surface area contributed by atoms with Gasteiger partial charge in [-0.05, 0) is 36.8 Å². The Hall–Kier alpha value is -2.07.